The van der Waals surface area contributed by atoms with Gasteiger partial charge in [0.1, 0.15) is 5.75 Å². The number of carbonyl (C=O) groups excluding carboxylic acids is 1. The van der Waals surface area contributed by atoms with Crippen LogP contribution in [0.5, 0.6) is 5.75 Å². The zero-order chi connectivity index (χ0) is 27.2. The van der Waals surface area contributed by atoms with Crippen molar-refractivity contribution in [3.8, 4) is 5.75 Å². The average molecular weight is 539 g/mol. The first-order valence-corrected chi connectivity index (χ1v) is 13.9. The van der Waals surface area contributed by atoms with Crippen LogP contribution in [0, 0.1) is 11.8 Å². The molecule has 10 heteroatoms. The van der Waals surface area contributed by atoms with Crippen molar-refractivity contribution in [2.75, 3.05) is 20.2 Å². The molecule has 37 heavy (non-hydrogen) atoms. The zero-order valence-corrected chi connectivity index (χ0v) is 22.3. The highest BCUT2D eigenvalue weighted by Crippen LogP contribution is 2.39. The summed E-state index contributed by atoms with van der Waals surface area (Å²) in [5.41, 5.74) is 0.817. The number of rotatable bonds is 12. The Hall–Kier alpha value is -2.56. The van der Waals surface area contributed by atoms with E-state index < -0.39 is 46.3 Å². The SMILES string of the molecule is COc1ccc(S(=O)(=O)N(CC(C)C)C[C@H](O)[C@H](Cc2ccccc2)NC(=O)C2CCC(F)(F)C2)cc1. The second-order valence-corrected chi connectivity index (χ2v) is 12.0. The van der Waals surface area contributed by atoms with Crippen molar-refractivity contribution in [2.24, 2.45) is 11.8 Å². The Labute approximate surface area is 217 Å². The van der Waals surface area contributed by atoms with E-state index in [1.165, 1.54) is 23.5 Å². The van der Waals surface area contributed by atoms with Gasteiger partial charge in [-0.15, -0.1) is 0 Å². The van der Waals surface area contributed by atoms with Crippen LogP contribution in [0.4, 0.5) is 8.78 Å². The molecular formula is C27H36F2N2O5S. The number of carbonyl (C=O) groups is 1. The number of ether oxygens (including phenoxy) is 1. The molecule has 0 aliphatic heterocycles. The van der Waals surface area contributed by atoms with Gasteiger partial charge in [0, 0.05) is 31.8 Å². The van der Waals surface area contributed by atoms with Crippen molar-refractivity contribution >= 4 is 15.9 Å². The highest BCUT2D eigenvalue weighted by Gasteiger charge is 2.43. The molecule has 3 rings (SSSR count). The maximum absolute atomic E-state index is 13.7. The minimum atomic E-state index is -3.98. The number of methoxy groups -OCH3 is 1. The van der Waals surface area contributed by atoms with Crippen LogP contribution in [0.25, 0.3) is 0 Å². The van der Waals surface area contributed by atoms with Gasteiger partial charge in [0.15, 0.2) is 0 Å². The van der Waals surface area contributed by atoms with E-state index in [2.05, 4.69) is 5.32 Å². The number of sulfonamides is 1. The van der Waals surface area contributed by atoms with Gasteiger partial charge in [-0.1, -0.05) is 44.2 Å². The standard InChI is InChI=1S/C27H36F2N2O5S/c1-19(2)17-31(37(34,35)23-11-9-22(36-3)10-12-23)18-25(32)24(15-20-7-5-4-6-8-20)30-26(33)21-13-14-27(28,29)16-21/h4-12,19,21,24-25,32H,13-18H2,1-3H3,(H,30,33)/t21?,24-,25-/m0/s1. The molecule has 2 aromatic carbocycles. The molecule has 1 unspecified atom stereocenters. The molecule has 1 aliphatic carbocycles. The minimum Gasteiger partial charge on any atom is -0.497 e. The fraction of sp³-hybridized carbons (Fsp3) is 0.519. The van der Waals surface area contributed by atoms with Crippen molar-refractivity contribution in [3.63, 3.8) is 0 Å². The van der Waals surface area contributed by atoms with Gasteiger partial charge in [0.25, 0.3) is 0 Å². The van der Waals surface area contributed by atoms with Gasteiger partial charge < -0.3 is 15.2 Å². The molecular weight excluding hydrogens is 502 g/mol. The van der Waals surface area contributed by atoms with Gasteiger partial charge in [-0.25, -0.2) is 17.2 Å². The van der Waals surface area contributed by atoms with Crippen molar-refractivity contribution in [1.82, 2.24) is 9.62 Å². The van der Waals surface area contributed by atoms with Crippen LogP contribution in [0.1, 0.15) is 38.7 Å². The number of nitrogens with one attached hydrogen (secondary N) is 1. The Kier molecular flexibility index (Phi) is 9.66. The number of hydrogen-bond donors (Lipinski definition) is 2. The van der Waals surface area contributed by atoms with E-state index >= 15 is 0 Å². The molecule has 2 aromatic rings. The van der Waals surface area contributed by atoms with Gasteiger partial charge in [-0.3, -0.25) is 4.79 Å². The van der Waals surface area contributed by atoms with Crippen LogP contribution < -0.4 is 10.1 Å². The van der Waals surface area contributed by atoms with Crippen molar-refractivity contribution in [1.29, 1.82) is 0 Å². The Morgan fingerprint density at radius 3 is 2.32 bits per heavy atom. The third-order valence-electron chi connectivity index (χ3n) is 6.52. The molecule has 0 heterocycles. The predicted molar refractivity (Wildman–Crippen MR) is 137 cm³/mol. The third-order valence-corrected chi connectivity index (χ3v) is 8.37. The second kappa shape index (κ2) is 12.3. The number of benzene rings is 2. The quantitative estimate of drug-likeness (QED) is 0.428. The molecule has 1 aliphatic rings. The summed E-state index contributed by atoms with van der Waals surface area (Å²) in [6.45, 7) is 3.61. The smallest absolute Gasteiger partial charge is 0.248 e. The van der Waals surface area contributed by atoms with Crippen molar-refractivity contribution in [2.45, 2.75) is 62.5 Å². The number of hydrogen-bond acceptors (Lipinski definition) is 5. The molecule has 1 amide bonds. The van der Waals surface area contributed by atoms with Gasteiger partial charge in [-0.2, -0.15) is 4.31 Å². The van der Waals surface area contributed by atoms with Gasteiger partial charge >= 0.3 is 0 Å². The minimum absolute atomic E-state index is 0.0388. The first kappa shape index (κ1) is 29.0. The number of aliphatic hydroxyl groups is 1. The average Bonchev–Trinajstić information content (AvgIpc) is 3.23. The molecule has 0 spiro atoms. The van der Waals surface area contributed by atoms with Crippen molar-refractivity contribution in [3.05, 3.63) is 60.2 Å². The van der Waals surface area contributed by atoms with E-state index in [0.29, 0.717) is 5.75 Å². The molecule has 1 saturated carbocycles. The van der Waals surface area contributed by atoms with Crippen LogP contribution in [-0.4, -0.2) is 62.0 Å². The molecule has 1 fully saturated rings. The van der Waals surface area contributed by atoms with Crippen LogP contribution in [0.15, 0.2) is 59.5 Å². The lowest BCUT2D eigenvalue weighted by molar-refractivity contribution is -0.127. The van der Waals surface area contributed by atoms with Gasteiger partial charge in [-0.05, 0) is 48.6 Å². The maximum Gasteiger partial charge on any atom is 0.248 e. The number of nitrogens with zero attached hydrogens (tertiary/aromatic N) is 1. The highest BCUT2D eigenvalue weighted by molar-refractivity contribution is 7.89. The fourth-order valence-corrected chi connectivity index (χ4v) is 6.16. The first-order chi connectivity index (χ1) is 17.4. The summed E-state index contributed by atoms with van der Waals surface area (Å²) in [4.78, 5) is 12.9. The van der Waals surface area contributed by atoms with E-state index in [-0.39, 0.29) is 43.2 Å². The molecule has 0 saturated heterocycles. The Morgan fingerprint density at radius 1 is 1.14 bits per heavy atom. The fourth-order valence-electron chi connectivity index (χ4n) is 4.54. The summed E-state index contributed by atoms with van der Waals surface area (Å²) in [6, 6.07) is 14.2. The molecule has 0 aromatic heterocycles. The van der Waals surface area contributed by atoms with Crippen LogP contribution in [0.3, 0.4) is 0 Å². The predicted octanol–water partition coefficient (Wildman–Crippen LogP) is 3.87. The Balaban J connectivity index is 1.83. The monoisotopic (exact) mass is 538 g/mol. The third kappa shape index (κ3) is 7.96. The van der Waals surface area contributed by atoms with Gasteiger partial charge in [0.05, 0.1) is 24.2 Å². The molecule has 0 bridgehead atoms. The highest BCUT2D eigenvalue weighted by atomic mass is 32.2. The topological polar surface area (TPSA) is 95.9 Å². The summed E-state index contributed by atoms with van der Waals surface area (Å²) in [5.74, 6) is -3.81. The summed E-state index contributed by atoms with van der Waals surface area (Å²) < 4.78 is 60.7. The van der Waals surface area contributed by atoms with E-state index in [0.717, 1.165) is 5.56 Å². The molecule has 2 N–H and O–H groups in total. The Morgan fingerprint density at radius 2 is 1.78 bits per heavy atom. The van der Waals surface area contributed by atoms with Crippen molar-refractivity contribution < 1.29 is 31.8 Å². The number of aliphatic hydroxyl groups excluding tert-OH is 1. The number of alkyl halides is 2. The summed E-state index contributed by atoms with van der Waals surface area (Å²) >= 11 is 0. The van der Waals surface area contributed by atoms with E-state index in [1.54, 1.807) is 12.1 Å². The van der Waals surface area contributed by atoms with E-state index in [4.69, 9.17) is 4.74 Å². The van der Waals surface area contributed by atoms with Gasteiger partial charge in [0.2, 0.25) is 21.9 Å². The number of halogens is 2. The summed E-state index contributed by atoms with van der Waals surface area (Å²) in [6.07, 6.45) is -1.87. The maximum atomic E-state index is 13.7. The molecule has 7 nitrogen and oxygen atoms in total. The Bertz CT molecular complexity index is 1130. The lowest BCUT2D eigenvalue weighted by Gasteiger charge is -2.31. The largest absolute Gasteiger partial charge is 0.497 e. The summed E-state index contributed by atoms with van der Waals surface area (Å²) in [7, 11) is -2.49. The second-order valence-electron chi connectivity index (χ2n) is 10.1. The molecule has 3 atom stereocenters. The lowest BCUT2D eigenvalue weighted by Crippen LogP contribution is -2.52. The van der Waals surface area contributed by atoms with Crippen LogP contribution >= 0.6 is 0 Å². The molecule has 0 radical (unpaired) electrons. The van der Waals surface area contributed by atoms with Crippen LogP contribution in [0.2, 0.25) is 0 Å². The number of amides is 1. The first-order valence-electron chi connectivity index (χ1n) is 12.5. The zero-order valence-electron chi connectivity index (χ0n) is 21.4. The van der Waals surface area contributed by atoms with E-state index in [9.17, 15) is 27.1 Å². The van der Waals surface area contributed by atoms with Crippen LogP contribution in [-0.2, 0) is 21.2 Å². The summed E-state index contributed by atoms with van der Waals surface area (Å²) in [5, 5.41) is 14.0. The molecule has 204 valence electrons. The van der Waals surface area contributed by atoms with E-state index in [1.807, 2.05) is 44.2 Å². The normalized spacial score (nSPS) is 19.1. The lowest BCUT2D eigenvalue weighted by atomic mass is 9.99.